The van der Waals surface area contributed by atoms with Gasteiger partial charge in [0.15, 0.2) is 11.6 Å². The summed E-state index contributed by atoms with van der Waals surface area (Å²) in [4.78, 5) is 36.4. The smallest absolute Gasteiger partial charge is 0.328 e. The number of H-pyrrole nitrogens is 1. The molecule has 2 aromatic rings. The maximum absolute atomic E-state index is 15.6. The molecule has 1 aromatic heterocycles. The molecule has 3 heterocycles. The second kappa shape index (κ2) is 9.61. The number of hydrogen-bond donors (Lipinski definition) is 2. The van der Waals surface area contributed by atoms with E-state index in [4.69, 9.17) is 4.74 Å². The fraction of sp³-hybridized carbons (Fsp3) is 0.500. The van der Waals surface area contributed by atoms with Crippen molar-refractivity contribution < 1.29 is 23.8 Å². The van der Waals surface area contributed by atoms with Gasteiger partial charge in [0.05, 0.1) is 13.2 Å². The molecule has 2 N–H and O–H groups in total. The molecule has 9 heteroatoms. The lowest BCUT2D eigenvalue weighted by Crippen LogP contribution is -2.53. The van der Waals surface area contributed by atoms with Gasteiger partial charge < -0.3 is 19.7 Å². The van der Waals surface area contributed by atoms with Crippen molar-refractivity contribution in [3.8, 4) is 5.75 Å². The maximum Gasteiger partial charge on any atom is 0.328 e. The normalized spacial score (nSPS) is 25.2. The van der Waals surface area contributed by atoms with E-state index >= 15 is 4.39 Å². The first kappa shape index (κ1) is 25.5. The summed E-state index contributed by atoms with van der Waals surface area (Å²) in [5.41, 5.74) is 1.42. The molecule has 1 aromatic carbocycles. The van der Waals surface area contributed by atoms with Crippen LogP contribution in [0.1, 0.15) is 50.9 Å². The zero-order valence-electron chi connectivity index (χ0n) is 21.9. The van der Waals surface area contributed by atoms with E-state index in [2.05, 4.69) is 23.7 Å². The van der Waals surface area contributed by atoms with Gasteiger partial charge in [-0.15, -0.1) is 0 Å². The van der Waals surface area contributed by atoms with Crippen molar-refractivity contribution in [2.45, 2.75) is 57.7 Å². The number of aliphatic hydroxyl groups is 1. The number of nitrogens with one attached hydrogen (secondary N) is 1. The SMILES string of the molecule is CCN(CC)CCCN1C(=O)N2[C@H](C3=CC(O)CC=C3)c3[nH]c4ccc(OC)c(F)c4c3C[C@@]2(C)C1=O. The highest BCUT2D eigenvalue weighted by atomic mass is 19.1. The summed E-state index contributed by atoms with van der Waals surface area (Å²) in [5.74, 6) is -0.641. The number of fused-ring (bicyclic) bond motifs is 4. The van der Waals surface area contributed by atoms with Gasteiger partial charge in [-0.2, -0.15) is 0 Å². The first-order chi connectivity index (χ1) is 17.7. The van der Waals surface area contributed by atoms with Crippen LogP contribution in [0.15, 0.2) is 35.9 Å². The van der Waals surface area contributed by atoms with Crippen LogP contribution in [-0.4, -0.2) is 81.7 Å². The number of methoxy groups -OCH3 is 1. The molecule has 1 saturated heterocycles. The van der Waals surface area contributed by atoms with Crippen LogP contribution in [0.5, 0.6) is 5.75 Å². The third kappa shape index (κ3) is 3.95. The average Bonchev–Trinajstić information content (AvgIpc) is 3.33. The Balaban J connectivity index is 1.61. The highest BCUT2D eigenvalue weighted by Gasteiger charge is 2.60. The monoisotopic (exact) mass is 510 g/mol. The minimum atomic E-state index is -1.19. The fourth-order valence-corrected chi connectivity index (χ4v) is 6.11. The Morgan fingerprint density at radius 1 is 1.27 bits per heavy atom. The van der Waals surface area contributed by atoms with Crippen LogP contribution < -0.4 is 4.74 Å². The molecule has 0 bridgehead atoms. The lowest BCUT2D eigenvalue weighted by atomic mass is 9.80. The second-order valence-corrected chi connectivity index (χ2v) is 10.2. The Bertz CT molecular complexity index is 1300. The van der Waals surface area contributed by atoms with Crippen molar-refractivity contribution in [3.05, 3.63) is 53.0 Å². The highest BCUT2D eigenvalue weighted by molar-refractivity contribution is 6.08. The molecule has 1 fully saturated rings. The van der Waals surface area contributed by atoms with Crippen molar-refractivity contribution in [2.24, 2.45) is 0 Å². The minimum absolute atomic E-state index is 0.123. The number of benzene rings is 1. The number of halogens is 1. The molecule has 1 unspecified atom stereocenters. The topological polar surface area (TPSA) is 89.1 Å². The van der Waals surface area contributed by atoms with Crippen LogP contribution in [-0.2, 0) is 11.2 Å². The van der Waals surface area contributed by atoms with E-state index in [0.717, 1.165) is 19.6 Å². The first-order valence-corrected chi connectivity index (χ1v) is 13.1. The van der Waals surface area contributed by atoms with Gasteiger partial charge in [-0.05, 0) is 62.7 Å². The largest absolute Gasteiger partial charge is 0.494 e. The van der Waals surface area contributed by atoms with Crippen LogP contribution in [0.2, 0.25) is 0 Å². The van der Waals surface area contributed by atoms with Crippen molar-refractivity contribution in [1.29, 1.82) is 0 Å². The van der Waals surface area contributed by atoms with Crippen LogP contribution in [0.3, 0.4) is 0 Å². The number of hydrogen-bond acceptors (Lipinski definition) is 5. The lowest BCUT2D eigenvalue weighted by molar-refractivity contribution is -0.133. The van der Waals surface area contributed by atoms with Crippen molar-refractivity contribution >= 4 is 22.8 Å². The number of urea groups is 1. The quantitative estimate of drug-likeness (QED) is 0.526. The van der Waals surface area contributed by atoms with Crippen molar-refractivity contribution in [3.63, 3.8) is 0 Å². The highest BCUT2D eigenvalue weighted by Crippen LogP contribution is 2.50. The molecule has 0 saturated carbocycles. The number of nitrogens with zero attached hydrogens (tertiary/aromatic N) is 3. The molecule has 198 valence electrons. The number of carbonyl (C=O) groups excluding carboxylic acids is 2. The van der Waals surface area contributed by atoms with Gasteiger partial charge in [0.25, 0.3) is 5.91 Å². The van der Waals surface area contributed by atoms with Crippen LogP contribution in [0, 0.1) is 5.82 Å². The summed E-state index contributed by atoms with van der Waals surface area (Å²) in [7, 11) is 1.42. The number of aromatic amines is 1. The van der Waals surface area contributed by atoms with E-state index < -0.39 is 23.5 Å². The van der Waals surface area contributed by atoms with Crippen molar-refractivity contribution in [2.75, 3.05) is 33.3 Å². The third-order valence-corrected chi connectivity index (χ3v) is 8.09. The Morgan fingerprint density at radius 3 is 2.70 bits per heavy atom. The van der Waals surface area contributed by atoms with Gasteiger partial charge in [0.2, 0.25) is 0 Å². The van der Waals surface area contributed by atoms with Gasteiger partial charge in [-0.1, -0.05) is 32.1 Å². The number of aliphatic hydroxyl groups excluding tert-OH is 1. The maximum atomic E-state index is 15.6. The molecule has 3 atom stereocenters. The average molecular weight is 511 g/mol. The number of aromatic nitrogens is 1. The summed E-state index contributed by atoms with van der Waals surface area (Å²) in [6, 6.07) is 2.30. The van der Waals surface area contributed by atoms with E-state index in [1.807, 2.05) is 12.2 Å². The molecule has 37 heavy (non-hydrogen) atoms. The van der Waals surface area contributed by atoms with Crippen LogP contribution >= 0.6 is 0 Å². The van der Waals surface area contributed by atoms with Crippen LogP contribution in [0.25, 0.3) is 10.9 Å². The third-order valence-electron chi connectivity index (χ3n) is 8.09. The number of amides is 3. The predicted molar refractivity (Wildman–Crippen MR) is 139 cm³/mol. The molecule has 8 nitrogen and oxygen atoms in total. The zero-order chi connectivity index (χ0) is 26.5. The van der Waals surface area contributed by atoms with Crippen LogP contribution in [0.4, 0.5) is 9.18 Å². The molecular weight excluding hydrogens is 475 g/mol. The summed E-state index contributed by atoms with van der Waals surface area (Å²) < 4.78 is 20.8. The summed E-state index contributed by atoms with van der Waals surface area (Å²) in [5, 5.41) is 10.8. The molecule has 2 aliphatic heterocycles. The molecule has 0 spiro atoms. The van der Waals surface area contributed by atoms with E-state index in [-0.39, 0.29) is 24.1 Å². The number of carbonyl (C=O) groups is 2. The Morgan fingerprint density at radius 2 is 2.03 bits per heavy atom. The summed E-state index contributed by atoms with van der Waals surface area (Å²) in [6.45, 7) is 8.88. The number of ether oxygens (including phenoxy) is 1. The van der Waals surface area contributed by atoms with E-state index in [1.54, 1.807) is 30.0 Å². The number of imide groups is 1. The fourth-order valence-electron chi connectivity index (χ4n) is 6.11. The Hall–Kier alpha value is -3.17. The first-order valence-electron chi connectivity index (χ1n) is 13.1. The second-order valence-electron chi connectivity index (χ2n) is 10.2. The Labute approximate surface area is 216 Å². The van der Waals surface area contributed by atoms with Gasteiger partial charge in [0, 0.05) is 29.6 Å². The summed E-state index contributed by atoms with van der Waals surface area (Å²) in [6.07, 6.45) is 6.11. The van der Waals surface area contributed by atoms with E-state index in [0.29, 0.717) is 47.1 Å². The molecule has 3 aliphatic rings. The lowest BCUT2D eigenvalue weighted by Gasteiger charge is -2.43. The summed E-state index contributed by atoms with van der Waals surface area (Å²) >= 11 is 0. The predicted octanol–water partition coefficient (Wildman–Crippen LogP) is 3.91. The van der Waals surface area contributed by atoms with Gasteiger partial charge >= 0.3 is 6.03 Å². The van der Waals surface area contributed by atoms with E-state index in [9.17, 15) is 14.7 Å². The molecule has 5 rings (SSSR count). The van der Waals surface area contributed by atoms with Gasteiger partial charge in [-0.25, -0.2) is 9.18 Å². The molecular formula is C28H35FN4O4. The van der Waals surface area contributed by atoms with E-state index in [1.165, 1.54) is 12.0 Å². The van der Waals surface area contributed by atoms with Gasteiger partial charge in [-0.3, -0.25) is 14.6 Å². The molecule has 0 radical (unpaired) electrons. The number of rotatable bonds is 8. The Kier molecular flexibility index (Phi) is 6.62. The van der Waals surface area contributed by atoms with Crippen molar-refractivity contribution in [1.82, 2.24) is 19.7 Å². The molecule has 3 amide bonds. The minimum Gasteiger partial charge on any atom is -0.494 e. The zero-order valence-corrected chi connectivity index (χ0v) is 21.9. The standard InChI is InChI=1S/C28H35FN4O4/c1-5-31(6-2)13-8-14-32-26(35)28(3)16-19-22-20(11-12-21(37-4)23(22)29)30-24(19)25(33(28)27(32)36)17-9-7-10-18(34)15-17/h7,9,11-12,15,18,25,30,34H,5-6,8,10,13-14,16H2,1-4H3/t18?,25-,28+/m1/s1. The molecule has 1 aliphatic carbocycles. The van der Waals surface area contributed by atoms with Gasteiger partial charge in [0.1, 0.15) is 11.6 Å².